The predicted molar refractivity (Wildman–Crippen MR) is 86.9 cm³/mol. The average molecular weight is 259 g/mol. The van der Waals surface area contributed by atoms with E-state index >= 15 is 0 Å². The molecule has 0 aliphatic heterocycles. The van der Waals surface area contributed by atoms with E-state index in [0.29, 0.717) is 5.56 Å². The largest absolute Gasteiger partial charge is 0.0629 e. The summed E-state index contributed by atoms with van der Waals surface area (Å²) in [5.41, 5.74) is 0.862. The first-order chi connectivity index (χ1) is 12.0. The van der Waals surface area contributed by atoms with Crippen LogP contribution in [-0.4, -0.2) is 0 Å². The van der Waals surface area contributed by atoms with Crippen molar-refractivity contribution in [1.82, 2.24) is 0 Å². The van der Waals surface area contributed by atoms with Gasteiger partial charge in [-0.25, -0.2) is 0 Å². The SMILES string of the molecule is [2H]c1c([2H])c([2H])c(-c2ccc3cc4ccccc4cc3c2)c([2H])c1[2H]. The van der Waals surface area contributed by atoms with Gasteiger partial charge in [0.1, 0.15) is 0 Å². The Balaban J connectivity index is 2.01. The Morgan fingerprint density at radius 3 is 1.95 bits per heavy atom. The van der Waals surface area contributed by atoms with Crippen molar-refractivity contribution in [2.24, 2.45) is 0 Å². The van der Waals surface area contributed by atoms with Gasteiger partial charge in [-0.05, 0) is 50.9 Å². The maximum atomic E-state index is 8.14. The fourth-order valence-corrected chi connectivity index (χ4v) is 2.49. The van der Waals surface area contributed by atoms with Crippen molar-refractivity contribution in [3.8, 4) is 11.1 Å². The average Bonchev–Trinajstić information content (AvgIpc) is 2.63. The minimum Gasteiger partial charge on any atom is -0.0622 e. The molecule has 0 heteroatoms. The smallest absolute Gasteiger partial charge is 0.0622 e. The maximum absolute atomic E-state index is 8.14. The van der Waals surface area contributed by atoms with Gasteiger partial charge < -0.3 is 0 Å². The van der Waals surface area contributed by atoms with Crippen molar-refractivity contribution >= 4 is 21.5 Å². The monoisotopic (exact) mass is 259 g/mol. The van der Waals surface area contributed by atoms with Gasteiger partial charge in [0.25, 0.3) is 0 Å². The number of benzene rings is 4. The van der Waals surface area contributed by atoms with Crippen LogP contribution in [0.25, 0.3) is 32.7 Å². The van der Waals surface area contributed by atoms with Gasteiger partial charge in [-0.3, -0.25) is 0 Å². The lowest BCUT2D eigenvalue weighted by Gasteiger charge is -2.06. The number of hydrogen-bond acceptors (Lipinski definition) is 0. The summed E-state index contributed by atoms with van der Waals surface area (Å²) >= 11 is 0. The molecule has 94 valence electrons. The lowest BCUT2D eigenvalue weighted by Crippen LogP contribution is -1.80. The zero-order valence-corrected chi connectivity index (χ0v) is 10.7. The summed E-state index contributed by atoms with van der Waals surface area (Å²) in [7, 11) is 0. The zero-order valence-electron chi connectivity index (χ0n) is 15.7. The van der Waals surface area contributed by atoms with E-state index in [-0.39, 0.29) is 35.8 Å². The Morgan fingerprint density at radius 1 is 0.550 bits per heavy atom. The molecule has 0 atom stereocenters. The summed E-state index contributed by atoms with van der Waals surface area (Å²) in [4.78, 5) is 0. The van der Waals surface area contributed by atoms with Crippen LogP contribution in [0.3, 0.4) is 0 Å². The summed E-state index contributed by atoms with van der Waals surface area (Å²) in [6.45, 7) is 0. The van der Waals surface area contributed by atoms with E-state index in [9.17, 15) is 0 Å². The molecule has 0 aliphatic carbocycles. The van der Waals surface area contributed by atoms with Crippen molar-refractivity contribution in [2.45, 2.75) is 0 Å². The first kappa shape index (κ1) is 7.25. The standard InChI is InChI=1S/C20H14/c1-2-6-15(7-3-1)18-10-11-19-12-16-8-4-5-9-17(16)13-20(19)14-18/h1-14H/i1D,2D,3D,6D,7D. The molecule has 20 heavy (non-hydrogen) atoms. The fourth-order valence-electron chi connectivity index (χ4n) is 2.49. The van der Waals surface area contributed by atoms with Gasteiger partial charge in [-0.1, -0.05) is 66.6 Å². The molecule has 0 aliphatic rings. The van der Waals surface area contributed by atoms with E-state index < -0.39 is 0 Å². The van der Waals surface area contributed by atoms with Gasteiger partial charge in [-0.15, -0.1) is 0 Å². The molecule has 0 unspecified atom stereocenters. The molecule has 0 bridgehead atoms. The van der Waals surface area contributed by atoms with E-state index in [1.807, 2.05) is 36.4 Å². The van der Waals surface area contributed by atoms with Gasteiger partial charge in [0.05, 0.1) is 6.85 Å². The van der Waals surface area contributed by atoms with Crippen LogP contribution >= 0.6 is 0 Å². The highest BCUT2D eigenvalue weighted by Crippen LogP contribution is 2.27. The van der Waals surface area contributed by atoms with Crippen molar-refractivity contribution in [3.63, 3.8) is 0 Å². The van der Waals surface area contributed by atoms with Gasteiger partial charge >= 0.3 is 0 Å². The third-order valence-electron chi connectivity index (χ3n) is 3.49. The predicted octanol–water partition coefficient (Wildman–Crippen LogP) is 5.66. The van der Waals surface area contributed by atoms with E-state index in [0.717, 1.165) is 21.5 Å². The number of fused-ring (bicyclic) bond motifs is 2. The summed E-state index contributed by atoms with van der Waals surface area (Å²) < 4.78 is 39.7. The maximum Gasteiger partial charge on any atom is 0.0629 e. The van der Waals surface area contributed by atoms with Crippen molar-refractivity contribution in [2.75, 3.05) is 0 Å². The minimum absolute atomic E-state index is 0.175. The van der Waals surface area contributed by atoms with Crippen LogP contribution in [0.1, 0.15) is 6.85 Å². The second kappa shape index (κ2) is 4.50. The molecule has 0 amide bonds. The molecule has 0 saturated carbocycles. The Bertz CT molecular complexity index is 1120. The Hall–Kier alpha value is -2.60. The highest BCUT2D eigenvalue weighted by atomic mass is 14.1. The van der Waals surface area contributed by atoms with Crippen molar-refractivity contribution in [3.05, 3.63) is 84.8 Å². The highest BCUT2D eigenvalue weighted by molar-refractivity contribution is 5.99. The minimum atomic E-state index is -0.370. The molecular formula is C20H14. The number of hydrogen-bond donors (Lipinski definition) is 0. The van der Waals surface area contributed by atoms with Gasteiger partial charge in [0.2, 0.25) is 0 Å². The molecule has 0 N–H and O–H groups in total. The Labute approximate surface area is 125 Å². The molecule has 0 heterocycles. The van der Waals surface area contributed by atoms with Crippen LogP contribution in [0.2, 0.25) is 0 Å². The second-order valence-corrected chi connectivity index (χ2v) is 4.76. The van der Waals surface area contributed by atoms with E-state index in [4.69, 9.17) is 6.85 Å². The Morgan fingerprint density at radius 2 is 1.20 bits per heavy atom. The van der Waals surface area contributed by atoms with Gasteiger partial charge in [0.15, 0.2) is 0 Å². The molecule has 0 fully saturated rings. The van der Waals surface area contributed by atoms with Gasteiger partial charge in [0, 0.05) is 0 Å². The molecule has 4 rings (SSSR count). The van der Waals surface area contributed by atoms with E-state index in [1.54, 1.807) is 0 Å². The highest BCUT2D eigenvalue weighted by Gasteiger charge is 2.01. The van der Waals surface area contributed by atoms with Crippen molar-refractivity contribution in [1.29, 1.82) is 0 Å². The molecule has 0 saturated heterocycles. The first-order valence-corrected chi connectivity index (χ1v) is 6.47. The van der Waals surface area contributed by atoms with Crippen LogP contribution in [0.4, 0.5) is 0 Å². The third kappa shape index (κ3) is 1.86. The van der Waals surface area contributed by atoms with Crippen LogP contribution < -0.4 is 0 Å². The third-order valence-corrected chi connectivity index (χ3v) is 3.49. The number of rotatable bonds is 1. The molecule has 0 aromatic heterocycles. The topological polar surface area (TPSA) is 0 Å². The van der Waals surface area contributed by atoms with E-state index in [1.165, 1.54) is 0 Å². The van der Waals surface area contributed by atoms with Crippen LogP contribution in [0, 0.1) is 0 Å². The fraction of sp³-hybridized carbons (Fsp3) is 0. The van der Waals surface area contributed by atoms with Crippen LogP contribution in [-0.2, 0) is 0 Å². The lowest BCUT2D eigenvalue weighted by molar-refractivity contribution is 1.65. The summed E-state index contributed by atoms with van der Waals surface area (Å²) in [5.74, 6) is 0. The lowest BCUT2D eigenvalue weighted by atomic mass is 9.99. The Kier molecular flexibility index (Phi) is 1.63. The molecule has 0 nitrogen and oxygen atoms in total. The first-order valence-electron chi connectivity index (χ1n) is 8.97. The summed E-state index contributed by atoms with van der Waals surface area (Å²) in [6.07, 6.45) is 0. The van der Waals surface area contributed by atoms with Crippen LogP contribution in [0.5, 0.6) is 0 Å². The van der Waals surface area contributed by atoms with Gasteiger partial charge in [-0.2, -0.15) is 0 Å². The molecule has 4 aromatic rings. The normalized spacial score (nSPS) is 14.5. The molecule has 4 aromatic carbocycles. The summed E-state index contributed by atoms with van der Waals surface area (Å²) in [6, 6.07) is 16.5. The molecule has 0 radical (unpaired) electrons. The van der Waals surface area contributed by atoms with Crippen molar-refractivity contribution < 1.29 is 6.85 Å². The second-order valence-electron chi connectivity index (χ2n) is 4.76. The zero-order chi connectivity index (χ0) is 17.7. The quantitative estimate of drug-likeness (QED) is 0.387. The van der Waals surface area contributed by atoms with Crippen LogP contribution in [0.15, 0.2) is 84.8 Å². The molecule has 0 spiro atoms. The van der Waals surface area contributed by atoms with E-state index in [2.05, 4.69) is 18.2 Å². The summed E-state index contributed by atoms with van der Waals surface area (Å²) in [5, 5.41) is 4.27. The molecular weight excluding hydrogens is 240 g/mol.